The van der Waals surface area contributed by atoms with Crippen LogP contribution in [0.2, 0.25) is 5.02 Å². The lowest BCUT2D eigenvalue weighted by Crippen LogP contribution is -2.40. The normalized spacial score (nSPS) is 19.3. The zero-order valence-corrected chi connectivity index (χ0v) is 14.7. The Morgan fingerprint density at radius 1 is 1.33 bits per heavy atom. The first-order chi connectivity index (χ1) is 11.3. The predicted molar refractivity (Wildman–Crippen MR) is 91.3 cm³/mol. The van der Waals surface area contributed by atoms with E-state index in [0.717, 1.165) is 5.56 Å². The molecule has 24 heavy (non-hydrogen) atoms. The second kappa shape index (κ2) is 7.81. The molecular formula is C16H18ClNO5S. The summed E-state index contributed by atoms with van der Waals surface area (Å²) in [6, 6.07) is 6.52. The second-order valence-corrected chi connectivity index (χ2v) is 8.22. The first kappa shape index (κ1) is 18.5. The number of carbonyl (C=O) groups excluding carboxylic acids is 2. The lowest BCUT2D eigenvalue weighted by Gasteiger charge is -2.22. The number of hydrogen-bond acceptors (Lipinski definition) is 5. The summed E-state index contributed by atoms with van der Waals surface area (Å²) in [6.45, 7) is -0.420. The van der Waals surface area contributed by atoms with Crippen LogP contribution in [0.3, 0.4) is 0 Å². The van der Waals surface area contributed by atoms with Crippen LogP contribution >= 0.6 is 11.6 Å². The summed E-state index contributed by atoms with van der Waals surface area (Å²) in [6.07, 6.45) is 3.18. The summed E-state index contributed by atoms with van der Waals surface area (Å²) in [4.78, 5) is 24.9. The number of ether oxygens (including phenoxy) is 1. The first-order valence-electron chi connectivity index (χ1n) is 7.33. The summed E-state index contributed by atoms with van der Waals surface area (Å²) in [7, 11) is -1.55. The molecular weight excluding hydrogens is 354 g/mol. The SMILES string of the molecule is CN(C(=O)COC(=O)/C=C/c1ccc(Cl)cc1)C1CCS(=O)(=O)C1. The molecule has 8 heteroatoms. The quantitative estimate of drug-likeness (QED) is 0.579. The molecule has 1 fully saturated rings. The van der Waals surface area contributed by atoms with Crippen molar-refractivity contribution in [2.45, 2.75) is 12.5 Å². The summed E-state index contributed by atoms with van der Waals surface area (Å²) in [5.74, 6) is -1.03. The molecule has 0 bridgehead atoms. The molecule has 1 unspecified atom stereocenters. The maximum absolute atomic E-state index is 12.0. The Balaban J connectivity index is 1.80. The fraction of sp³-hybridized carbons (Fsp3) is 0.375. The molecule has 1 aliphatic rings. The minimum Gasteiger partial charge on any atom is -0.452 e. The van der Waals surface area contributed by atoms with E-state index in [9.17, 15) is 18.0 Å². The molecule has 1 saturated heterocycles. The van der Waals surface area contributed by atoms with E-state index in [2.05, 4.69) is 0 Å². The number of halogens is 1. The molecule has 130 valence electrons. The number of likely N-dealkylation sites (N-methyl/N-ethyl adjacent to an activating group) is 1. The van der Waals surface area contributed by atoms with Gasteiger partial charge >= 0.3 is 5.97 Å². The molecule has 1 aromatic carbocycles. The van der Waals surface area contributed by atoms with Crippen molar-refractivity contribution < 1.29 is 22.7 Å². The van der Waals surface area contributed by atoms with Crippen molar-refractivity contribution in [2.24, 2.45) is 0 Å². The highest BCUT2D eigenvalue weighted by Crippen LogP contribution is 2.16. The van der Waals surface area contributed by atoms with Gasteiger partial charge in [0.05, 0.1) is 11.5 Å². The van der Waals surface area contributed by atoms with Crippen molar-refractivity contribution in [2.75, 3.05) is 25.2 Å². The summed E-state index contributed by atoms with van der Waals surface area (Å²) >= 11 is 5.76. The van der Waals surface area contributed by atoms with Crippen LogP contribution in [0, 0.1) is 0 Å². The van der Waals surface area contributed by atoms with Crippen LogP contribution in [0.15, 0.2) is 30.3 Å². The fourth-order valence-electron chi connectivity index (χ4n) is 2.31. The summed E-state index contributed by atoms with van der Waals surface area (Å²) in [5.41, 5.74) is 0.774. The molecule has 0 radical (unpaired) electrons. The second-order valence-electron chi connectivity index (χ2n) is 5.55. The van der Waals surface area contributed by atoms with Crippen molar-refractivity contribution >= 4 is 39.4 Å². The van der Waals surface area contributed by atoms with E-state index < -0.39 is 28.3 Å². The Bertz CT molecular complexity index is 742. The van der Waals surface area contributed by atoms with Gasteiger partial charge in [-0.1, -0.05) is 23.7 Å². The number of benzene rings is 1. The van der Waals surface area contributed by atoms with E-state index in [1.54, 1.807) is 30.3 Å². The molecule has 0 saturated carbocycles. The van der Waals surface area contributed by atoms with Gasteiger partial charge in [-0.2, -0.15) is 0 Å². The summed E-state index contributed by atoms with van der Waals surface area (Å²) in [5, 5.41) is 0.595. The third-order valence-corrected chi connectivity index (χ3v) is 5.77. The zero-order chi connectivity index (χ0) is 17.7. The van der Waals surface area contributed by atoms with E-state index >= 15 is 0 Å². The number of nitrogens with zero attached hydrogens (tertiary/aromatic N) is 1. The maximum Gasteiger partial charge on any atom is 0.331 e. The first-order valence-corrected chi connectivity index (χ1v) is 9.53. The van der Waals surface area contributed by atoms with Gasteiger partial charge in [-0.15, -0.1) is 0 Å². The van der Waals surface area contributed by atoms with Crippen LogP contribution in [-0.2, 0) is 24.2 Å². The minimum absolute atomic E-state index is 0.0420. The average molecular weight is 372 g/mol. The van der Waals surface area contributed by atoms with Crippen LogP contribution < -0.4 is 0 Å². The maximum atomic E-state index is 12.0. The van der Waals surface area contributed by atoms with Crippen LogP contribution in [0.1, 0.15) is 12.0 Å². The van der Waals surface area contributed by atoms with E-state index in [-0.39, 0.29) is 17.5 Å². The third kappa shape index (κ3) is 5.35. The van der Waals surface area contributed by atoms with Crippen LogP contribution in [0.4, 0.5) is 0 Å². The number of sulfone groups is 1. The number of hydrogen-bond donors (Lipinski definition) is 0. The van der Waals surface area contributed by atoms with Gasteiger partial charge in [0.2, 0.25) is 0 Å². The van der Waals surface area contributed by atoms with E-state index in [1.165, 1.54) is 18.0 Å². The lowest BCUT2D eigenvalue weighted by molar-refractivity contribution is -0.148. The van der Waals surface area contributed by atoms with Crippen molar-refractivity contribution in [1.82, 2.24) is 4.90 Å². The Morgan fingerprint density at radius 2 is 2.00 bits per heavy atom. The van der Waals surface area contributed by atoms with Gasteiger partial charge in [-0.25, -0.2) is 13.2 Å². The molecule has 1 aromatic rings. The molecule has 1 aliphatic heterocycles. The molecule has 2 rings (SSSR count). The Kier molecular flexibility index (Phi) is 6.01. The van der Waals surface area contributed by atoms with Gasteiger partial charge in [0, 0.05) is 24.2 Å². The van der Waals surface area contributed by atoms with E-state index in [4.69, 9.17) is 16.3 Å². The molecule has 1 atom stereocenters. The predicted octanol–water partition coefficient (Wildman–Crippen LogP) is 1.54. The molecule has 1 heterocycles. The van der Waals surface area contributed by atoms with Crippen LogP contribution in [0.25, 0.3) is 6.08 Å². The number of amides is 1. The van der Waals surface area contributed by atoms with Gasteiger partial charge in [0.15, 0.2) is 16.4 Å². The Hall–Kier alpha value is -1.86. The molecule has 1 amide bonds. The highest BCUT2D eigenvalue weighted by molar-refractivity contribution is 7.91. The van der Waals surface area contributed by atoms with Gasteiger partial charge in [0.25, 0.3) is 5.91 Å². The molecule has 0 N–H and O–H groups in total. The lowest BCUT2D eigenvalue weighted by atomic mass is 10.2. The number of esters is 1. The number of rotatable bonds is 5. The van der Waals surface area contributed by atoms with Crippen LogP contribution in [0.5, 0.6) is 0 Å². The highest BCUT2D eigenvalue weighted by atomic mass is 35.5. The zero-order valence-electron chi connectivity index (χ0n) is 13.1. The van der Waals surface area contributed by atoms with Crippen molar-refractivity contribution in [1.29, 1.82) is 0 Å². The number of carbonyl (C=O) groups is 2. The largest absolute Gasteiger partial charge is 0.452 e. The van der Waals surface area contributed by atoms with Gasteiger partial charge in [0.1, 0.15) is 0 Å². The van der Waals surface area contributed by atoms with Crippen molar-refractivity contribution in [3.63, 3.8) is 0 Å². The van der Waals surface area contributed by atoms with E-state index in [1.807, 2.05) is 0 Å². The van der Waals surface area contributed by atoms with Crippen molar-refractivity contribution in [3.05, 3.63) is 40.9 Å². The Morgan fingerprint density at radius 3 is 2.58 bits per heavy atom. The van der Waals surface area contributed by atoms with E-state index in [0.29, 0.717) is 11.4 Å². The standard InChI is InChI=1S/C16H18ClNO5S/c1-18(14-8-9-24(21,22)11-14)15(19)10-23-16(20)7-4-12-2-5-13(17)6-3-12/h2-7,14H,8-11H2,1H3/b7-4+. The van der Waals surface area contributed by atoms with Crippen molar-refractivity contribution in [3.8, 4) is 0 Å². The highest BCUT2D eigenvalue weighted by Gasteiger charge is 2.32. The van der Waals surface area contributed by atoms with Gasteiger partial charge < -0.3 is 9.64 Å². The smallest absolute Gasteiger partial charge is 0.331 e. The topological polar surface area (TPSA) is 80.8 Å². The third-order valence-electron chi connectivity index (χ3n) is 3.77. The minimum atomic E-state index is -3.07. The summed E-state index contributed by atoms with van der Waals surface area (Å²) < 4.78 is 27.8. The van der Waals surface area contributed by atoms with Gasteiger partial charge in [-0.05, 0) is 30.2 Å². The Labute approximate surface area is 146 Å². The fourth-order valence-corrected chi connectivity index (χ4v) is 4.21. The average Bonchev–Trinajstić information content (AvgIpc) is 2.91. The van der Waals surface area contributed by atoms with Gasteiger partial charge in [-0.3, -0.25) is 4.79 Å². The van der Waals surface area contributed by atoms with Crippen LogP contribution in [-0.4, -0.2) is 56.4 Å². The molecule has 6 nitrogen and oxygen atoms in total. The molecule has 0 aromatic heterocycles. The monoisotopic (exact) mass is 371 g/mol. The molecule has 0 spiro atoms. The molecule has 0 aliphatic carbocycles.